The van der Waals surface area contributed by atoms with Crippen LogP contribution in [0.5, 0.6) is 0 Å². The predicted octanol–water partition coefficient (Wildman–Crippen LogP) is 4.23. The molecule has 8 nitrogen and oxygen atoms in total. The first-order valence-corrected chi connectivity index (χ1v) is 11.2. The van der Waals surface area contributed by atoms with Crippen molar-refractivity contribution in [1.29, 1.82) is 0 Å². The molecule has 11 heteroatoms. The number of aliphatic hydroxyl groups excluding tert-OH is 1. The van der Waals surface area contributed by atoms with Crippen molar-refractivity contribution in [3.05, 3.63) is 94.8 Å². The number of hydrogen-bond acceptors (Lipinski definition) is 5. The molecule has 0 radical (unpaired) electrons. The van der Waals surface area contributed by atoms with E-state index in [4.69, 9.17) is 11.6 Å². The third-order valence-electron chi connectivity index (χ3n) is 5.06. The summed E-state index contributed by atoms with van der Waals surface area (Å²) in [4.78, 5) is 29.6. The Morgan fingerprint density at radius 2 is 1.81 bits per heavy atom. The third-order valence-corrected chi connectivity index (χ3v) is 5.37. The summed E-state index contributed by atoms with van der Waals surface area (Å²) in [6, 6.07) is 14.6. The van der Waals surface area contributed by atoms with Gasteiger partial charge in [-0.15, -0.1) is 0 Å². The summed E-state index contributed by atoms with van der Waals surface area (Å²) in [6.45, 7) is 1.53. The van der Waals surface area contributed by atoms with E-state index in [9.17, 15) is 23.5 Å². The number of rotatable bonds is 7. The molecule has 2 heterocycles. The molecule has 2 aromatic carbocycles. The molecular weight excluding hydrogens is 492 g/mol. The molecule has 0 fully saturated rings. The van der Waals surface area contributed by atoms with Crippen molar-refractivity contribution in [2.24, 2.45) is 0 Å². The summed E-state index contributed by atoms with van der Waals surface area (Å²) in [5, 5.41) is 18.7. The Morgan fingerprint density at radius 3 is 2.50 bits per heavy atom. The second kappa shape index (κ2) is 10.6. The highest BCUT2D eigenvalue weighted by molar-refractivity contribution is 6.34. The Bertz CT molecular complexity index is 1430. The summed E-state index contributed by atoms with van der Waals surface area (Å²) in [5.41, 5.74) is -0.122. The van der Waals surface area contributed by atoms with Gasteiger partial charge in [-0.05, 0) is 43.3 Å². The van der Waals surface area contributed by atoms with Crippen molar-refractivity contribution >= 4 is 29.2 Å². The number of pyridine rings is 1. The molecule has 0 unspecified atom stereocenters. The van der Waals surface area contributed by atoms with E-state index >= 15 is 0 Å². The molecule has 184 valence electrons. The van der Waals surface area contributed by atoms with E-state index in [1.54, 1.807) is 30.3 Å². The van der Waals surface area contributed by atoms with Gasteiger partial charge in [0.1, 0.15) is 23.1 Å². The summed E-state index contributed by atoms with van der Waals surface area (Å²) < 4.78 is 30.2. The quantitative estimate of drug-likeness (QED) is 0.344. The van der Waals surface area contributed by atoms with E-state index in [1.165, 1.54) is 29.9 Å². The van der Waals surface area contributed by atoms with Crippen LogP contribution in [0.3, 0.4) is 0 Å². The van der Waals surface area contributed by atoms with Crippen LogP contribution in [0.4, 0.5) is 14.6 Å². The van der Waals surface area contributed by atoms with Crippen molar-refractivity contribution < 1.29 is 23.5 Å². The minimum Gasteiger partial charge on any atom is -0.392 e. The van der Waals surface area contributed by atoms with E-state index in [-0.39, 0.29) is 39.9 Å². The number of benzene rings is 2. The van der Waals surface area contributed by atoms with Crippen LogP contribution in [-0.2, 0) is 0 Å². The fraction of sp³-hybridized carbons (Fsp3) is 0.120. The monoisotopic (exact) mass is 511 g/mol. The van der Waals surface area contributed by atoms with Gasteiger partial charge in [0.25, 0.3) is 11.8 Å². The zero-order valence-electron chi connectivity index (χ0n) is 18.9. The van der Waals surface area contributed by atoms with Crippen LogP contribution in [-0.4, -0.2) is 44.3 Å². The van der Waals surface area contributed by atoms with Crippen molar-refractivity contribution in [3.8, 4) is 16.9 Å². The van der Waals surface area contributed by atoms with Crippen LogP contribution in [0.1, 0.15) is 27.8 Å². The average Bonchev–Trinajstić information content (AvgIpc) is 3.27. The van der Waals surface area contributed by atoms with E-state index in [1.807, 2.05) is 0 Å². The van der Waals surface area contributed by atoms with Gasteiger partial charge >= 0.3 is 0 Å². The van der Waals surface area contributed by atoms with Gasteiger partial charge in [0.2, 0.25) is 0 Å². The van der Waals surface area contributed by atoms with Gasteiger partial charge in [-0.1, -0.05) is 29.8 Å². The topological polar surface area (TPSA) is 109 Å². The number of nitrogens with one attached hydrogen (secondary N) is 2. The zero-order chi connectivity index (χ0) is 25.8. The molecule has 36 heavy (non-hydrogen) atoms. The van der Waals surface area contributed by atoms with Crippen LogP contribution in [0.15, 0.2) is 66.9 Å². The molecule has 1 atom stereocenters. The Morgan fingerprint density at radius 1 is 1.06 bits per heavy atom. The second-order valence-electron chi connectivity index (χ2n) is 7.82. The van der Waals surface area contributed by atoms with Crippen molar-refractivity contribution in [2.75, 3.05) is 11.9 Å². The molecule has 2 amide bonds. The number of para-hydroxylation sites is 1. The first-order valence-electron chi connectivity index (χ1n) is 10.8. The van der Waals surface area contributed by atoms with Gasteiger partial charge in [-0.3, -0.25) is 14.6 Å². The Balaban J connectivity index is 1.71. The Hall–Kier alpha value is -4.15. The number of anilines is 1. The number of amides is 2. The minimum atomic E-state index is -0.847. The lowest BCUT2D eigenvalue weighted by Gasteiger charge is -2.11. The number of halogens is 3. The first kappa shape index (κ1) is 25.0. The summed E-state index contributed by atoms with van der Waals surface area (Å²) in [5.74, 6) is -2.79. The summed E-state index contributed by atoms with van der Waals surface area (Å²) in [7, 11) is 0. The highest BCUT2D eigenvalue weighted by Crippen LogP contribution is 2.30. The molecule has 0 aliphatic rings. The third kappa shape index (κ3) is 5.40. The zero-order valence-corrected chi connectivity index (χ0v) is 19.6. The number of aliphatic hydroxyl groups is 1. The normalized spacial score (nSPS) is 11.7. The molecule has 4 rings (SSSR count). The number of carbonyl (C=O) groups is 2. The van der Waals surface area contributed by atoms with Crippen LogP contribution in [0.2, 0.25) is 5.02 Å². The molecule has 0 spiro atoms. The molecule has 0 aliphatic carbocycles. The Labute approximate surface area is 209 Å². The van der Waals surface area contributed by atoms with Gasteiger partial charge in [0.05, 0.1) is 22.4 Å². The second-order valence-corrected chi connectivity index (χ2v) is 8.23. The molecule has 4 aromatic rings. The fourth-order valence-corrected chi connectivity index (χ4v) is 3.59. The standard InChI is InChI=1S/C25H20ClF2N5O3/c1-14(34)13-30-25(36)21-12-22(33(32-21)15-6-3-2-4-7-15)31-24(35)16-10-17(20(28)11-18(16)26)23-19(27)8-5-9-29-23/h2-12,14,34H,13H2,1H3,(H,30,36)(H,31,35)/t14-/m0/s1. The molecule has 0 bridgehead atoms. The Kier molecular flexibility index (Phi) is 7.37. The highest BCUT2D eigenvalue weighted by atomic mass is 35.5. The number of carbonyl (C=O) groups excluding carboxylic acids is 2. The van der Waals surface area contributed by atoms with Gasteiger partial charge in [0.15, 0.2) is 5.69 Å². The average molecular weight is 512 g/mol. The van der Waals surface area contributed by atoms with E-state index in [0.29, 0.717) is 5.69 Å². The largest absolute Gasteiger partial charge is 0.392 e. The van der Waals surface area contributed by atoms with E-state index in [0.717, 1.165) is 18.2 Å². The van der Waals surface area contributed by atoms with Crippen LogP contribution >= 0.6 is 11.6 Å². The molecular formula is C25H20ClF2N5O3. The van der Waals surface area contributed by atoms with Crippen LogP contribution < -0.4 is 10.6 Å². The van der Waals surface area contributed by atoms with Crippen LogP contribution in [0.25, 0.3) is 16.9 Å². The van der Waals surface area contributed by atoms with Gasteiger partial charge in [0, 0.05) is 24.4 Å². The van der Waals surface area contributed by atoms with Gasteiger partial charge in [-0.25, -0.2) is 13.5 Å². The molecule has 0 saturated heterocycles. The van der Waals surface area contributed by atoms with Crippen molar-refractivity contribution in [3.63, 3.8) is 0 Å². The van der Waals surface area contributed by atoms with Crippen molar-refractivity contribution in [1.82, 2.24) is 20.1 Å². The molecule has 0 saturated carbocycles. The smallest absolute Gasteiger partial charge is 0.271 e. The number of nitrogens with zero attached hydrogens (tertiary/aromatic N) is 3. The number of aromatic nitrogens is 3. The van der Waals surface area contributed by atoms with Gasteiger partial charge in [-0.2, -0.15) is 5.10 Å². The summed E-state index contributed by atoms with van der Waals surface area (Å²) in [6.07, 6.45) is 0.539. The molecule has 3 N–H and O–H groups in total. The minimum absolute atomic E-state index is 0.0107. The lowest BCUT2D eigenvalue weighted by molar-refractivity contribution is 0.0918. The fourth-order valence-electron chi connectivity index (χ4n) is 3.35. The molecule has 0 aliphatic heterocycles. The first-order chi connectivity index (χ1) is 17.2. The summed E-state index contributed by atoms with van der Waals surface area (Å²) >= 11 is 6.15. The maximum Gasteiger partial charge on any atom is 0.271 e. The maximum absolute atomic E-state index is 14.6. The number of hydrogen-bond donors (Lipinski definition) is 3. The maximum atomic E-state index is 14.6. The van der Waals surface area contributed by atoms with Crippen LogP contribution in [0, 0.1) is 11.6 Å². The lowest BCUT2D eigenvalue weighted by atomic mass is 10.1. The SMILES string of the molecule is C[C@H](O)CNC(=O)c1cc(NC(=O)c2cc(-c3ncccc3F)c(F)cc2Cl)n(-c2ccccc2)n1. The van der Waals surface area contributed by atoms with E-state index < -0.39 is 29.6 Å². The van der Waals surface area contributed by atoms with E-state index in [2.05, 4.69) is 20.7 Å². The van der Waals surface area contributed by atoms with Crippen molar-refractivity contribution in [2.45, 2.75) is 13.0 Å². The predicted molar refractivity (Wildman–Crippen MR) is 130 cm³/mol. The highest BCUT2D eigenvalue weighted by Gasteiger charge is 2.22. The van der Waals surface area contributed by atoms with Gasteiger partial charge < -0.3 is 15.7 Å². The lowest BCUT2D eigenvalue weighted by Crippen LogP contribution is -2.30. The molecule has 2 aromatic heterocycles.